The molecule has 152 valence electrons. The van der Waals surface area contributed by atoms with Crippen LogP contribution < -0.4 is 5.32 Å². The maximum absolute atomic E-state index is 14.4. The molecule has 12 heteroatoms. The number of hydrogen-bond acceptors (Lipinski definition) is 4. The standard InChI is InChI=1S/C17H10ClF5N4O2/c1-27-16(17(21,22)23)25-14(26-27)7-6-12(28)8(5-11(7)20)15(29)24-13-9(18)3-2-4-10(13)19/h2-6,28H,1H3,(H,24,29). The molecule has 29 heavy (non-hydrogen) atoms. The summed E-state index contributed by atoms with van der Waals surface area (Å²) in [4.78, 5) is 15.5. The van der Waals surface area contributed by atoms with Crippen LogP contribution in [0.1, 0.15) is 16.2 Å². The topological polar surface area (TPSA) is 80.0 Å². The number of anilines is 1. The molecule has 0 spiro atoms. The Kier molecular flexibility index (Phi) is 5.18. The van der Waals surface area contributed by atoms with Gasteiger partial charge in [-0.15, -0.1) is 0 Å². The van der Waals surface area contributed by atoms with Crippen molar-refractivity contribution in [2.24, 2.45) is 7.05 Å². The van der Waals surface area contributed by atoms with Crippen molar-refractivity contribution >= 4 is 23.2 Å². The number of aromatic hydroxyl groups is 1. The van der Waals surface area contributed by atoms with Gasteiger partial charge in [-0.2, -0.15) is 18.3 Å². The van der Waals surface area contributed by atoms with Crippen molar-refractivity contribution in [2.75, 3.05) is 5.32 Å². The second kappa shape index (κ2) is 7.32. The summed E-state index contributed by atoms with van der Waals surface area (Å²) in [5.41, 5.74) is -1.55. The van der Waals surface area contributed by atoms with Gasteiger partial charge in [0.15, 0.2) is 5.82 Å². The number of phenolic OH excluding ortho intramolecular Hbond substituents is 1. The molecular weight excluding hydrogens is 423 g/mol. The monoisotopic (exact) mass is 432 g/mol. The molecule has 0 atom stereocenters. The Morgan fingerprint density at radius 3 is 2.48 bits per heavy atom. The van der Waals surface area contributed by atoms with Crippen molar-refractivity contribution < 1.29 is 31.9 Å². The van der Waals surface area contributed by atoms with Gasteiger partial charge in [0.2, 0.25) is 5.82 Å². The maximum atomic E-state index is 14.4. The fourth-order valence-electron chi connectivity index (χ4n) is 2.46. The van der Waals surface area contributed by atoms with E-state index in [0.717, 1.165) is 13.1 Å². The van der Waals surface area contributed by atoms with E-state index in [1.807, 2.05) is 0 Å². The molecule has 2 aromatic carbocycles. The van der Waals surface area contributed by atoms with Crippen LogP contribution in [-0.4, -0.2) is 25.8 Å². The number of hydrogen-bond donors (Lipinski definition) is 2. The van der Waals surface area contributed by atoms with Crippen LogP contribution in [0.3, 0.4) is 0 Å². The van der Waals surface area contributed by atoms with Crippen LogP contribution in [0, 0.1) is 11.6 Å². The number of alkyl halides is 3. The zero-order valence-corrected chi connectivity index (χ0v) is 15.1. The summed E-state index contributed by atoms with van der Waals surface area (Å²) < 4.78 is 67.2. The number of nitrogens with one attached hydrogen (secondary N) is 1. The first-order valence-electron chi connectivity index (χ1n) is 7.75. The molecular formula is C17H10ClF5N4O2. The van der Waals surface area contributed by atoms with Crippen LogP contribution in [-0.2, 0) is 13.2 Å². The van der Waals surface area contributed by atoms with Gasteiger partial charge in [-0.3, -0.25) is 4.79 Å². The SMILES string of the molecule is Cn1nc(-c2cc(O)c(C(=O)Nc3c(F)cccc3Cl)cc2F)nc1C(F)(F)F. The number of aromatic nitrogens is 3. The molecule has 1 amide bonds. The third kappa shape index (κ3) is 3.99. The minimum Gasteiger partial charge on any atom is -0.507 e. The molecule has 0 bridgehead atoms. The average molecular weight is 433 g/mol. The summed E-state index contributed by atoms with van der Waals surface area (Å²) >= 11 is 5.79. The number of halogens is 6. The molecule has 0 radical (unpaired) electrons. The molecule has 0 aliphatic carbocycles. The van der Waals surface area contributed by atoms with Gasteiger partial charge in [-0.25, -0.2) is 18.4 Å². The highest BCUT2D eigenvalue weighted by Crippen LogP contribution is 2.33. The second-order valence-electron chi connectivity index (χ2n) is 5.78. The Labute approximate surface area is 164 Å². The number of carbonyl (C=O) groups is 1. The fraction of sp³-hybridized carbons (Fsp3) is 0.118. The normalized spacial score (nSPS) is 11.6. The third-order valence-corrected chi connectivity index (χ3v) is 4.10. The lowest BCUT2D eigenvalue weighted by atomic mass is 10.1. The van der Waals surface area contributed by atoms with E-state index < -0.39 is 52.2 Å². The number of aryl methyl sites for hydroxylation is 1. The van der Waals surface area contributed by atoms with E-state index in [0.29, 0.717) is 16.8 Å². The van der Waals surface area contributed by atoms with Gasteiger partial charge in [0.05, 0.1) is 21.8 Å². The second-order valence-corrected chi connectivity index (χ2v) is 6.19. The first-order chi connectivity index (χ1) is 13.5. The number of amides is 1. The molecule has 1 aromatic heterocycles. The lowest BCUT2D eigenvalue weighted by molar-refractivity contribution is -0.147. The van der Waals surface area contributed by atoms with E-state index in [1.165, 1.54) is 12.1 Å². The molecule has 0 aliphatic rings. The van der Waals surface area contributed by atoms with Crippen molar-refractivity contribution in [1.82, 2.24) is 14.8 Å². The summed E-state index contributed by atoms with van der Waals surface area (Å²) in [5.74, 6) is -5.93. The number of rotatable bonds is 3. The first kappa shape index (κ1) is 20.5. The van der Waals surface area contributed by atoms with Crippen LogP contribution in [0.2, 0.25) is 5.02 Å². The van der Waals surface area contributed by atoms with Crippen molar-refractivity contribution in [3.05, 3.63) is 58.4 Å². The largest absolute Gasteiger partial charge is 0.507 e. The predicted molar refractivity (Wildman–Crippen MR) is 92.4 cm³/mol. The van der Waals surface area contributed by atoms with Crippen molar-refractivity contribution in [1.29, 1.82) is 0 Å². The van der Waals surface area contributed by atoms with Crippen LogP contribution in [0.5, 0.6) is 5.75 Å². The van der Waals surface area contributed by atoms with E-state index in [1.54, 1.807) is 0 Å². The van der Waals surface area contributed by atoms with E-state index in [-0.39, 0.29) is 10.7 Å². The molecule has 1 heterocycles. The number of benzene rings is 2. The predicted octanol–water partition coefficient (Wildman–Crippen LogP) is 4.39. The van der Waals surface area contributed by atoms with Gasteiger partial charge >= 0.3 is 6.18 Å². The van der Waals surface area contributed by atoms with E-state index in [2.05, 4.69) is 15.4 Å². The van der Waals surface area contributed by atoms with Gasteiger partial charge in [0, 0.05) is 7.05 Å². The summed E-state index contributed by atoms with van der Waals surface area (Å²) in [6, 6.07) is 4.89. The van der Waals surface area contributed by atoms with Crippen molar-refractivity contribution in [3.8, 4) is 17.1 Å². The summed E-state index contributed by atoms with van der Waals surface area (Å²) in [6.07, 6.45) is -4.82. The van der Waals surface area contributed by atoms with Crippen molar-refractivity contribution in [2.45, 2.75) is 6.18 Å². The van der Waals surface area contributed by atoms with Crippen LogP contribution >= 0.6 is 11.6 Å². The highest BCUT2D eigenvalue weighted by atomic mass is 35.5. The van der Waals surface area contributed by atoms with Crippen molar-refractivity contribution in [3.63, 3.8) is 0 Å². The van der Waals surface area contributed by atoms with E-state index in [9.17, 15) is 31.9 Å². The lowest BCUT2D eigenvalue weighted by Crippen LogP contribution is -2.14. The Hall–Kier alpha value is -3.21. The number of nitrogens with zero attached hydrogens (tertiary/aromatic N) is 3. The van der Waals surface area contributed by atoms with E-state index >= 15 is 0 Å². The molecule has 0 unspecified atom stereocenters. The Bertz CT molecular complexity index is 1090. The highest BCUT2D eigenvalue weighted by molar-refractivity contribution is 6.34. The fourth-order valence-corrected chi connectivity index (χ4v) is 2.67. The average Bonchev–Trinajstić information content (AvgIpc) is 3.01. The van der Waals surface area contributed by atoms with Gasteiger partial charge < -0.3 is 10.4 Å². The number of carbonyl (C=O) groups excluding carboxylic acids is 1. The zero-order chi connectivity index (χ0) is 21.5. The van der Waals surface area contributed by atoms with Crippen LogP contribution in [0.4, 0.5) is 27.6 Å². The van der Waals surface area contributed by atoms with Crippen LogP contribution in [0.25, 0.3) is 11.4 Å². The van der Waals surface area contributed by atoms with Gasteiger partial charge in [0.1, 0.15) is 17.4 Å². The first-order valence-corrected chi connectivity index (χ1v) is 8.13. The van der Waals surface area contributed by atoms with Gasteiger partial charge in [-0.05, 0) is 24.3 Å². The third-order valence-electron chi connectivity index (χ3n) is 3.79. The van der Waals surface area contributed by atoms with E-state index in [4.69, 9.17) is 11.6 Å². The molecule has 0 aliphatic heterocycles. The van der Waals surface area contributed by atoms with Crippen LogP contribution in [0.15, 0.2) is 30.3 Å². The molecule has 3 rings (SSSR count). The highest BCUT2D eigenvalue weighted by Gasteiger charge is 2.37. The summed E-state index contributed by atoms with van der Waals surface area (Å²) in [7, 11) is 0.969. The summed E-state index contributed by atoms with van der Waals surface area (Å²) in [5, 5.41) is 15.5. The summed E-state index contributed by atoms with van der Waals surface area (Å²) in [6.45, 7) is 0. The maximum Gasteiger partial charge on any atom is 0.451 e. The molecule has 0 saturated carbocycles. The molecule has 0 fully saturated rings. The lowest BCUT2D eigenvalue weighted by Gasteiger charge is -2.10. The number of para-hydroxylation sites is 1. The zero-order valence-electron chi connectivity index (χ0n) is 14.4. The smallest absolute Gasteiger partial charge is 0.451 e. The molecule has 2 N–H and O–H groups in total. The minimum atomic E-state index is -4.82. The Balaban J connectivity index is 1.97. The molecule has 6 nitrogen and oxygen atoms in total. The minimum absolute atomic E-state index is 0.132. The number of phenols is 1. The quantitative estimate of drug-likeness (QED) is 0.602. The molecule has 0 saturated heterocycles. The Morgan fingerprint density at radius 2 is 1.90 bits per heavy atom. The Morgan fingerprint density at radius 1 is 1.21 bits per heavy atom. The van der Waals surface area contributed by atoms with Gasteiger partial charge in [-0.1, -0.05) is 17.7 Å². The van der Waals surface area contributed by atoms with Gasteiger partial charge in [0.25, 0.3) is 5.91 Å². The molecule has 3 aromatic rings.